The molecule has 0 saturated carbocycles. The van der Waals surface area contributed by atoms with E-state index in [-0.39, 0.29) is 0 Å². The van der Waals surface area contributed by atoms with E-state index in [1.54, 1.807) is 0 Å². The van der Waals surface area contributed by atoms with Crippen molar-refractivity contribution in [2.24, 2.45) is 0 Å². The molecule has 3 rings (SSSR count). The largest absolute Gasteiger partial charge is 0.457 e. The molecule has 0 fully saturated rings. The van der Waals surface area contributed by atoms with E-state index in [4.69, 9.17) is 4.74 Å². The van der Waals surface area contributed by atoms with Crippen LogP contribution in [0.15, 0.2) is 97.1 Å². The van der Waals surface area contributed by atoms with E-state index in [1.165, 1.54) is 5.56 Å². The summed E-state index contributed by atoms with van der Waals surface area (Å²) < 4.78 is 5.78. The smallest absolute Gasteiger partial charge is 0.127 e. The van der Waals surface area contributed by atoms with Crippen LogP contribution in [-0.4, -0.2) is 0 Å². The van der Waals surface area contributed by atoms with Crippen molar-refractivity contribution in [3.05, 3.63) is 108 Å². The maximum absolute atomic E-state index is 5.78. The van der Waals surface area contributed by atoms with E-state index < -0.39 is 0 Å². The Hall–Kier alpha value is -3.06. The predicted octanol–water partition coefficient (Wildman–Crippen LogP) is 6.21. The van der Waals surface area contributed by atoms with Crippen molar-refractivity contribution < 1.29 is 4.74 Å². The number of allylic oxidation sites excluding steroid dienone is 2. The fourth-order valence-electron chi connectivity index (χ4n) is 2.17. The van der Waals surface area contributed by atoms with Gasteiger partial charge in [0.15, 0.2) is 0 Å². The highest BCUT2D eigenvalue weighted by atomic mass is 16.5. The molecule has 0 unspecified atom stereocenters. The molecule has 0 bridgehead atoms. The number of hydrogen-bond donors (Lipinski definition) is 0. The average Bonchev–Trinajstić information content (AvgIpc) is 2.62. The molecule has 0 aliphatic carbocycles. The Morgan fingerprint density at radius 1 is 0.478 bits per heavy atom. The Morgan fingerprint density at radius 3 is 1.57 bits per heavy atom. The van der Waals surface area contributed by atoms with E-state index >= 15 is 0 Å². The van der Waals surface area contributed by atoms with E-state index in [9.17, 15) is 0 Å². The normalized spacial score (nSPS) is 11.1. The monoisotopic (exact) mass is 298 g/mol. The van der Waals surface area contributed by atoms with Crippen LogP contribution in [0.4, 0.5) is 0 Å². The van der Waals surface area contributed by atoms with Crippen LogP contribution in [0.1, 0.15) is 11.1 Å². The van der Waals surface area contributed by atoms with Crippen molar-refractivity contribution in [2.75, 3.05) is 0 Å². The molecule has 0 aromatic heterocycles. The second-order valence-corrected chi connectivity index (χ2v) is 5.11. The predicted molar refractivity (Wildman–Crippen MR) is 97.5 cm³/mol. The minimum atomic E-state index is 0.841. The number of para-hydroxylation sites is 1. The van der Waals surface area contributed by atoms with Crippen molar-refractivity contribution in [3.63, 3.8) is 0 Å². The first-order valence-corrected chi connectivity index (χ1v) is 7.63. The highest BCUT2D eigenvalue weighted by Gasteiger charge is 1.95. The molecule has 0 atom stereocenters. The van der Waals surface area contributed by atoms with Gasteiger partial charge in [-0.15, -0.1) is 0 Å². The molecule has 1 heteroatoms. The Balaban J connectivity index is 1.59. The lowest BCUT2D eigenvalue weighted by Crippen LogP contribution is -1.83. The average molecular weight is 298 g/mol. The molecule has 0 aliphatic rings. The van der Waals surface area contributed by atoms with Gasteiger partial charge >= 0.3 is 0 Å². The molecule has 0 saturated heterocycles. The van der Waals surface area contributed by atoms with E-state index in [2.05, 4.69) is 24.3 Å². The summed E-state index contributed by atoms with van der Waals surface area (Å²) >= 11 is 0. The Morgan fingerprint density at radius 2 is 0.957 bits per heavy atom. The Labute approximate surface area is 137 Å². The minimum absolute atomic E-state index is 0.841. The van der Waals surface area contributed by atoms with Crippen molar-refractivity contribution in [2.45, 2.75) is 0 Å². The molecule has 3 aromatic carbocycles. The first-order valence-electron chi connectivity index (χ1n) is 7.63. The molecule has 0 N–H and O–H groups in total. The van der Waals surface area contributed by atoms with Crippen molar-refractivity contribution in [1.29, 1.82) is 0 Å². The molecule has 0 amide bonds. The first-order chi connectivity index (χ1) is 11.4. The maximum atomic E-state index is 5.78. The summed E-state index contributed by atoms with van der Waals surface area (Å²) in [6, 6.07) is 28.1. The van der Waals surface area contributed by atoms with Gasteiger partial charge in [-0.25, -0.2) is 0 Å². The van der Waals surface area contributed by atoms with Gasteiger partial charge in [0.1, 0.15) is 11.5 Å². The summed E-state index contributed by atoms with van der Waals surface area (Å²) in [5, 5.41) is 0. The van der Waals surface area contributed by atoms with E-state index in [1.807, 2.05) is 84.9 Å². The second-order valence-electron chi connectivity index (χ2n) is 5.11. The van der Waals surface area contributed by atoms with Gasteiger partial charge in [-0.3, -0.25) is 0 Å². The van der Waals surface area contributed by atoms with Crippen LogP contribution < -0.4 is 4.74 Å². The van der Waals surface area contributed by atoms with Crippen molar-refractivity contribution in [1.82, 2.24) is 0 Å². The van der Waals surface area contributed by atoms with Crippen LogP contribution in [0.2, 0.25) is 0 Å². The number of rotatable bonds is 5. The highest BCUT2D eigenvalue weighted by molar-refractivity contribution is 5.57. The topological polar surface area (TPSA) is 9.23 Å². The molecule has 1 nitrogen and oxygen atoms in total. The lowest BCUT2D eigenvalue weighted by atomic mass is 10.2. The molecule has 23 heavy (non-hydrogen) atoms. The van der Waals surface area contributed by atoms with Gasteiger partial charge in [0, 0.05) is 0 Å². The third-order valence-corrected chi connectivity index (χ3v) is 3.35. The highest BCUT2D eigenvalue weighted by Crippen LogP contribution is 2.21. The lowest BCUT2D eigenvalue weighted by molar-refractivity contribution is 0.482. The summed E-state index contributed by atoms with van der Waals surface area (Å²) in [4.78, 5) is 0. The van der Waals surface area contributed by atoms with E-state index in [0.29, 0.717) is 0 Å². The van der Waals surface area contributed by atoms with Gasteiger partial charge in [-0.1, -0.05) is 85.0 Å². The zero-order chi connectivity index (χ0) is 15.7. The van der Waals surface area contributed by atoms with Gasteiger partial charge in [0.25, 0.3) is 0 Å². The SMILES string of the molecule is C(/C=C/c1ccc(Oc2ccccc2)cc1)=C\c1ccccc1. The van der Waals surface area contributed by atoms with Gasteiger partial charge in [0.2, 0.25) is 0 Å². The number of ether oxygens (including phenoxy) is 1. The lowest BCUT2D eigenvalue weighted by Gasteiger charge is -2.05. The summed E-state index contributed by atoms with van der Waals surface area (Å²) in [7, 11) is 0. The fraction of sp³-hybridized carbons (Fsp3) is 0. The molecule has 3 aromatic rings. The standard InChI is InChI=1S/C22H18O/c1-3-9-19(10-4-1)11-7-8-12-20-15-17-22(18-16-20)23-21-13-5-2-6-14-21/h1-18H/b11-7+,12-8+. The summed E-state index contributed by atoms with van der Waals surface area (Å²) in [5.74, 6) is 1.69. The quantitative estimate of drug-likeness (QED) is 0.509. The minimum Gasteiger partial charge on any atom is -0.457 e. The van der Waals surface area contributed by atoms with Crippen LogP contribution in [0.25, 0.3) is 12.2 Å². The third kappa shape index (κ3) is 4.72. The Kier molecular flexibility index (Phi) is 5.04. The van der Waals surface area contributed by atoms with Crippen molar-refractivity contribution in [3.8, 4) is 11.5 Å². The van der Waals surface area contributed by atoms with Crippen molar-refractivity contribution >= 4 is 12.2 Å². The molecular weight excluding hydrogens is 280 g/mol. The van der Waals surface area contributed by atoms with Crippen LogP contribution in [0, 0.1) is 0 Å². The molecule has 0 radical (unpaired) electrons. The van der Waals surface area contributed by atoms with Crippen LogP contribution in [0.5, 0.6) is 11.5 Å². The summed E-state index contributed by atoms with van der Waals surface area (Å²) in [6.45, 7) is 0. The summed E-state index contributed by atoms with van der Waals surface area (Å²) in [5.41, 5.74) is 2.34. The van der Waals surface area contributed by atoms with E-state index in [0.717, 1.165) is 17.1 Å². The maximum Gasteiger partial charge on any atom is 0.127 e. The first kappa shape index (κ1) is 14.9. The van der Waals surface area contributed by atoms with Crippen LogP contribution in [-0.2, 0) is 0 Å². The molecule has 0 heterocycles. The molecule has 112 valence electrons. The zero-order valence-electron chi connectivity index (χ0n) is 12.8. The molecular formula is C22H18O. The van der Waals surface area contributed by atoms with Gasteiger partial charge in [-0.2, -0.15) is 0 Å². The summed E-state index contributed by atoms with van der Waals surface area (Å²) in [6.07, 6.45) is 8.25. The zero-order valence-corrected chi connectivity index (χ0v) is 12.8. The second kappa shape index (κ2) is 7.81. The van der Waals surface area contributed by atoms with Gasteiger partial charge < -0.3 is 4.74 Å². The van der Waals surface area contributed by atoms with Gasteiger partial charge in [-0.05, 0) is 35.4 Å². The molecule has 0 spiro atoms. The van der Waals surface area contributed by atoms with Crippen LogP contribution in [0.3, 0.4) is 0 Å². The van der Waals surface area contributed by atoms with Crippen LogP contribution >= 0.6 is 0 Å². The van der Waals surface area contributed by atoms with Gasteiger partial charge in [0.05, 0.1) is 0 Å². The molecule has 0 aliphatic heterocycles. The third-order valence-electron chi connectivity index (χ3n) is 3.35. The number of hydrogen-bond acceptors (Lipinski definition) is 1. The fourth-order valence-corrected chi connectivity index (χ4v) is 2.17. The Bertz CT molecular complexity index is 769. The number of benzene rings is 3.